The third kappa shape index (κ3) is 6.59. The molecule has 37 heavy (non-hydrogen) atoms. The van der Waals surface area contributed by atoms with Crippen molar-refractivity contribution in [2.24, 2.45) is 16.8 Å². The zero-order valence-corrected chi connectivity index (χ0v) is 21.8. The summed E-state index contributed by atoms with van der Waals surface area (Å²) in [6.45, 7) is 2.89. The van der Waals surface area contributed by atoms with Gasteiger partial charge in [-0.2, -0.15) is 0 Å². The van der Waals surface area contributed by atoms with Gasteiger partial charge in [0.15, 0.2) is 6.61 Å². The van der Waals surface area contributed by atoms with E-state index < -0.39 is 12.5 Å². The van der Waals surface area contributed by atoms with Gasteiger partial charge in [0.05, 0.1) is 23.4 Å². The first-order valence-corrected chi connectivity index (χ1v) is 13.8. The summed E-state index contributed by atoms with van der Waals surface area (Å²) in [7, 11) is 0. The molecule has 198 valence electrons. The monoisotopic (exact) mass is 530 g/mol. The number of alkyl halides is 2. The van der Waals surface area contributed by atoms with Gasteiger partial charge in [-0.15, -0.1) is 0 Å². The SMILES string of the molecule is CC(F)(F)COc1nc2c(s1)CCN(CCC1CCC(C=NC(=O)c3cccc4c3NC(=O)C4)CC1)C2. The number of rotatable bonds is 8. The average molecular weight is 531 g/mol. The van der Waals surface area contributed by atoms with Crippen LogP contribution in [0.4, 0.5) is 14.5 Å². The van der Waals surface area contributed by atoms with E-state index in [2.05, 4.69) is 20.2 Å². The lowest BCUT2D eigenvalue weighted by atomic mass is 9.81. The lowest BCUT2D eigenvalue weighted by molar-refractivity contribution is -0.115. The summed E-state index contributed by atoms with van der Waals surface area (Å²) in [5, 5.41) is 3.12. The molecule has 0 atom stereocenters. The molecule has 3 aliphatic rings. The zero-order chi connectivity index (χ0) is 26.0. The van der Waals surface area contributed by atoms with Crippen LogP contribution >= 0.6 is 11.3 Å². The quantitative estimate of drug-likeness (QED) is 0.478. The topological polar surface area (TPSA) is 83.9 Å². The van der Waals surface area contributed by atoms with Crippen LogP contribution < -0.4 is 10.1 Å². The van der Waals surface area contributed by atoms with Crippen LogP contribution in [0, 0.1) is 11.8 Å². The third-order valence-corrected chi connectivity index (χ3v) is 8.45. The summed E-state index contributed by atoms with van der Waals surface area (Å²) in [5.41, 5.74) is 2.87. The third-order valence-electron chi connectivity index (χ3n) is 7.38. The minimum atomic E-state index is -2.86. The molecule has 1 aromatic heterocycles. The second-order valence-electron chi connectivity index (χ2n) is 10.5. The molecule has 0 spiro atoms. The van der Waals surface area contributed by atoms with Crippen molar-refractivity contribution < 1.29 is 23.1 Å². The van der Waals surface area contributed by atoms with Gasteiger partial charge in [0.2, 0.25) is 5.91 Å². The van der Waals surface area contributed by atoms with Crippen molar-refractivity contribution in [3.05, 3.63) is 39.9 Å². The fourth-order valence-corrected chi connectivity index (χ4v) is 6.24. The number of fused-ring (bicyclic) bond motifs is 2. The Morgan fingerprint density at radius 1 is 1.32 bits per heavy atom. The van der Waals surface area contributed by atoms with Gasteiger partial charge in [-0.25, -0.2) is 18.8 Å². The highest BCUT2D eigenvalue weighted by Gasteiger charge is 2.27. The average Bonchev–Trinajstić information content (AvgIpc) is 3.46. The van der Waals surface area contributed by atoms with E-state index in [0.29, 0.717) is 34.7 Å². The van der Waals surface area contributed by atoms with Crippen molar-refractivity contribution in [1.29, 1.82) is 0 Å². The molecule has 5 rings (SSSR count). The molecule has 0 saturated heterocycles. The van der Waals surface area contributed by atoms with Crippen molar-refractivity contribution in [3.63, 3.8) is 0 Å². The first kappa shape index (κ1) is 25.9. The van der Waals surface area contributed by atoms with Crippen molar-refractivity contribution in [2.75, 3.05) is 25.0 Å². The predicted molar refractivity (Wildman–Crippen MR) is 139 cm³/mol. The molecule has 2 aliphatic heterocycles. The van der Waals surface area contributed by atoms with E-state index in [1.807, 2.05) is 6.07 Å². The molecule has 2 amide bonds. The van der Waals surface area contributed by atoms with Crippen molar-refractivity contribution in [2.45, 2.75) is 64.3 Å². The number of benzene rings is 1. The van der Waals surface area contributed by atoms with E-state index >= 15 is 0 Å². The molecule has 0 bridgehead atoms. The Bertz CT molecular complexity index is 1180. The van der Waals surface area contributed by atoms with Gasteiger partial charge < -0.3 is 10.1 Å². The number of thiazole rings is 1. The van der Waals surface area contributed by atoms with Gasteiger partial charge in [0.1, 0.15) is 0 Å². The maximum absolute atomic E-state index is 13.1. The van der Waals surface area contributed by atoms with Crippen molar-refractivity contribution in [1.82, 2.24) is 9.88 Å². The number of para-hydroxylation sites is 1. The van der Waals surface area contributed by atoms with Gasteiger partial charge in [-0.1, -0.05) is 23.5 Å². The molecule has 0 radical (unpaired) electrons. The number of aliphatic imine (C=N–C) groups is 1. The summed E-state index contributed by atoms with van der Waals surface area (Å²) < 4.78 is 31.3. The minimum absolute atomic E-state index is 0.0905. The van der Waals surface area contributed by atoms with E-state index in [0.717, 1.165) is 81.2 Å². The number of amides is 2. The van der Waals surface area contributed by atoms with Gasteiger partial charge in [-0.05, 0) is 68.5 Å². The number of halogens is 2. The molecule has 10 heteroatoms. The van der Waals surface area contributed by atoms with Gasteiger partial charge in [-0.3, -0.25) is 14.5 Å². The Hall–Kier alpha value is -2.72. The number of nitrogens with one attached hydrogen (secondary N) is 1. The molecule has 3 heterocycles. The smallest absolute Gasteiger partial charge is 0.278 e. The predicted octanol–water partition coefficient (Wildman–Crippen LogP) is 5.14. The Balaban J connectivity index is 1.05. The number of hydrogen-bond acceptors (Lipinski definition) is 6. The molecule has 2 aromatic rings. The summed E-state index contributed by atoms with van der Waals surface area (Å²) >= 11 is 1.39. The molecular weight excluding hydrogens is 498 g/mol. The van der Waals surface area contributed by atoms with Crippen molar-refractivity contribution in [3.8, 4) is 5.19 Å². The summed E-state index contributed by atoms with van der Waals surface area (Å²) in [6, 6.07) is 5.37. The van der Waals surface area contributed by atoms with E-state index in [1.54, 1.807) is 18.3 Å². The highest BCUT2D eigenvalue weighted by Crippen LogP contribution is 2.33. The Labute approximate surface area is 219 Å². The van der Waals surface area contributed by atoms with Crippen LogP contribution in [0.1, 0.15) is 65.5 Å². The van der Waals surface area contributed by atoms with Crippen LogP contribution in [-0.2, 0) is 24.2 Å². The highest BCUT2D eigenvalue weighted by molar-refractivity contribution is 7.13. The molecule has 0 unspecified atom stereocenters. The second-order valence-corrected chi connectivity index (χ2v) is 11.5. The normalized spacial score (nSPS) is 22.1. The minimum Gasteiger partial charge on any atom is -0.464 e. The number of anilines is 1. The molecular formula is C27H32F2N4O3S. The van der Waals surface area contributed by atoms with Crippen LogP contribution in [-0.4, -0.2) is 53.5 Å². The standard InChI is InChI=1S/C27H32F2N4O3S/c1-27(28,29)16-36-26-31-21-15-33(12-10-22(21)37-26)11-9-17-5-7-18(8-6-17)14-30-25(35)20-4-2-3-19-13-23(34)32-24(19)20/h2-4,14,17-18H,5-13,15-16H2,1H3,(H,32,34). The second kappa shape index (κ2) is 10.9. The van der Waals surface area contributed by atoms with Gasteiger partial charge in [0.25, 0.3) is 17.0 Å². The number of carbonyl (C=O) groups is 2. The largest absolute Gasteiger partial charge is 0.464 e. The van der Waals surface area contributed by atoms with Gasteiger partial charge >= 0.3 is 0 Å². The van der Waals surface area contributed by atoms with Crippen molar-refractivity contribution >= 4 is 35.1 Å². The van der Waals surface area contributed by atoms with E-state index in [9.17, 15) is 18.4 Å². The first-order chi connectivity index (χ1) is 17.7. The summed E-state index contributed by atoms with van der Waals surface area (Å²) in [5.74, 6) is -2.31. The first-order valence-electron chi connectivity index (χ1n) is 13.0. The lowest BCUT2D eigenvalue weighted by Crippen LogP contribution is -2.32. The summed E-state index contributed by atoms with van der Waals surface area (Å²) in [6.07, 6.45) is 8.36. The Morgan fingerprint density at radius 3 is 2.92 bits per heavy atom. The van der Waals surface area contributed by atoms with E-state index in [4.69, 9.17) is 4.74 Å². The molecule has 7 nitrogen and oxygen atoms in total. The Kier molecular flexibility index (Phi) is 7.67. The summed E-state index contributed by atoms with van der Waals surface area (Å²) in [4.78, 5) is 36.6. The lowest BCUT2D eigenvalue weighted by Gasteiger charge is -2.30. The number of aromatic nitrogens is 1. The zero-order valence-electron chi connectivity index (χ0n) is 21.0. The molecule has 1 N–H and O–H groups in total. The molecule has 1 saturated carbocycles. The van der Waals surface area contributed by atoms with Crippen LogP contribution in [0.5, 0.6) is 5.19 Å². The van der Waals surface area contributed by atoms with E-state index in [-0.39, 0.29) is 11.8 Å². The Morgan fingerprint density at radius 2 is 2.14 bits per heavy atom. The fraction of sp³-hybridized carbons (Fsp3) is 0.556. The number of ether oxygens (including phenoxy) is 1. The maximum atomic E-state index is 13.1. The highest BCUT2D eigenvalue weighted by atomic mass is 32.1. The maximum Gasteiger partial charge on any atom is 0.278 e. The molecule has 1 fully saturated rings. The van der Waals surface area contributed by atoms with Crippen LogP contribution in [0.15, 0.2) is 23.2 Å². The number of nitrogens with zero attached hydrogens (tertiary/aromatic N) is 3. The van der Waals surface area contributed by atoms with Crippen LogP contribution in [0.2, 0.25) is 0 Å². The number of carbonyl (C=O) groups excluding carboxylic acids is 2. The fourth-order valence-electron chi connectivity index (χ4n) is 5.33. The number of hydrogen-bond donors (Lipinski definition) is 1. The van der Waals surface area contributed by atoms with Crippen LogP contribution in [0.25, 0.3) is 0 Å². The molecule has 1 aromatic carbocycles. The molecule has 1 aliphatic carbocycles. The van der Waals surface area contributed by atoms with E-state index in [1.165, 1.54) is 11.3 Å². The van der Waals surface area contributed by atoms with Crippen LogP contribution in [0.3, 0.4) is 0 Å². The van der Waals surface area contributed by atoms with Gasteiger partial charge in [0, 0.05) is 31.1 Å².